The lowest BCUT2D eigenvalue weighted by Crippen LogP contribution is -1.92. The van der Waals surface area contributed by atoms with Gasteiger partial charge < -0.3 is 4.42 Å². The first-order valence-electron chi connectivity index (χ1n) is 6.18. The summed E-state index contributed by atoms with van der Waals surface area (Å²) in [5.74, 6) is 0. The van der Waals surface area contributed by atoms with Gasteiger partial charge in [-0.1, -0.05) is 47.5 Å². The molecule has 4 rings (SSSR count). The van der Waals surface area contributed by atoms with Gasteiger partial charge in [-0.05, 0) is 12.1 Å². The van der Waals surface area contributed by atoms with E-state index in [1.807, 2.05) is 30.3 Å². The fourth-order valence-corrected chi connectivity index (χ4v) is 2.78. The van der Waals surface area contributed by atoms with Crippen molar-refractivity contribution in [1.29, 1.82) is 0 Å². The highest BCUT2D eigenvalue weighted by atomic mass is 35.5. The third-order valence-electron chi connectivity index (χ3n) is 3.33. The smallest absolute Gasteiger partial charge is 0.182 e. The maximum Gasteiger partial charge on any atom is 0.182 e. The van der Waals surface area contributed by atoms with E-state index in [1.54, 1.807) is 6.07 Å². The second-order valence-corrected chi connectivity index (χ2v) is 5.28. The first-order valence-corrected chi connectivity index (χ1v) is 6.94. The lowest BCUT2D eigenvalue weighted by atomic mass is 10.0. The van der Waals surface area contributed by atoms with Crippen LogP contribution in [0.25, 0.3) is 33.1 Å². The molecule has 6 heteroatoms. The van der Waals surface area contributed by atoms with Crippen molar-refractivity contribution >= 4 is 45.1 Å². The lowest BCUT2D eigenvalue weighted by molar-refractivity contribution is 0.602. The van der Waals surface area contributed by atoms with Gasteiger partial charge in [0.2, 0.25) is 0 Å². The molecule has 0 saturated carbocycles. The molecular weight excluding hydrogens is 309 g/mol. The minimum absolute atomic E-state index is 0.375. The molecule has 0 aliphatic heterocycles. The molecule has 0 atom stereocenters. The van der Waals surface area contributed by atoms with Crippen LogP contribution in [0.5, 0.6) is 0 Å². The number of hydrogen-bond donors (Lipinski definition) is 0. The van der Waals surface area contributed by atoms with Gasteiger partial charge in [-0.25, -0.2) is 4.98 Å². The molecule has 0 N–H and O–H groups in total. The monoisotopic (exact) mass is 315 g/mol. The van der Waals surface area contributed by atoms with E-state index in [4.69, 9.17) is 27.6 Å². The fourth-order valence-electron chi connectivity index (χ4n) is 2.38. The molecule has 0 aliphatic rings. The predicted molar refractivity (Wildman–Crippen MR) is 82.6 cm³/mol. The van der Waals surface area contributed by atoms with Crippen LogP contribution in [-0.2, 0) is 0 Å². The topological polar surface area (TPSA) is 51.8 Å². The second-order valence-electron chi connectivity index (χ2n) is 4.51. The quantitative estimate of drug-likeness (QED) is 0.509. The number of halogens is 2. The molecule has 102 valence electrons. The van der Waals surface area contributed by atoms with Gasteiger partial charge in [0.1, 0.15) is 11.2 Å². The molecule has 0 aliphatic carbocycles. The van der Waals surface area contributed by atoms with Crippen LogP contribution in [0.2, 0.25) is 10.2 Å². The van der Waals surface area contributed by atoms with Gasteiger partial charge in [-0.3, -0.25) is 0 Å². The molecule has 0 radical (unpaired) electrons. The molecule has 21 heavy (non-hydrogen) atoms. The van der Waals surface area contributed by atoms with Crippen molar-refractivity contribution in [1.82, 2.24) is 15.2 Å². The van der Waals surface area contributed by atoms with E-state index in [0.29, 0.717) is 27.0 Å². The van der Waals surface area contributed by atoms with Gasteiger partial charge in [0, 0.05) is 16.3 Å². The molecule has 0 bridgehead atoms. The average molecular weight is 316 g/mol. The summed E-state index contributed by atoms with van der Waals surface area (Å²) in [6, 6.07) is 11.3. The van der Waals surface area contributed by atoms with Crippen molar-refractivity contribution in [3.63, 3.8) is 0 Å². The number of aromatic nitrogens is 3. The Hall–Kier alpha value is -2.17. The first-order chi connectivity index (χ1) is 10.3. The van der Waals surface area contributed by atoms with Crippen molar-refractivity contribution in [2.75, 3.05) is 0 Å². The number of rotatable bonds is 1. The molecule has 0 fully saturated rings. The van der Waals surface area contributed by atoms with Crippen LogP contribution in [0.3, 0.4) is 0 Å². The summed E-state index contributed by atoms with van der Waals surface area (Å²) in [5, 5.41) is 10.9. The van der Waals surface area contributed by atoms with E-state index in [0.717, 1.165) is 16.3 Å². The first kappa shape index (κ1) is 12.6. The second kappa shape index (κ2) is 4.69. The highest BCUT2D eigenvalue weighted by Gasteiger charge is 2.15. The molecule has 0 unspecified atom stereocenters. The SMILES string of the molecule is Clc1nnc(-c2ccc(Cl)c3ocnc23)c2ccccc12. The van der Waals surface area contributed by atoms with E-state index < -0.39 is 0 Å². The van der Waals surface area contributed by atoms with Gasteiger partial charge in [0.15, 0.2) is 17.1 Å². The zero-order valence-corrected chi connectivity index (χ0v) is 12.1. The van der Waals surface area contributed by atoms with E-state index >= 15 is 0 Å². The van der Waals surface area contributed by atoms with E-state index in [9.17, 15) is 0 Å². The highest BCUT2D eigenvalue weighted by molar-refractivity contribution is 6.35. The molecular formula is C15H7Cl2N3O. The largest absolute Gasteiger partial charge is 0.442 e. The summed E-state index contributed by atoms with van der Waals surface area (Å²) in [4.78, 5) is 4.23. The number of oxazole rings is 1. The predicted octanol–water partition coefficient (Wildman–Crippen LogP) is 4.74. The summed E-state index contributed by atoms with van der Waals surface area (Å²) in [7, 11) is 0. The third kappa shape index (κ3) is 1.87. The third-order valence-corrected chi connectivity index (χ3v) is 3.91. The minimum Gasteiger partial charge on any atom is -0.442 e. The van der Waals surface area contributed by atoms with Gasteiger partial charge in [0.25, 0.3) is 0 Å². The number of nitrogens with zero attached hydrogens (tertiary/aromatic N) is 3. The summed E-state index contributed by atoms with van der Waals surface area (Å²) in [6.45, 7) is 0. The molecule has 0 spiro atoms. The zero-order valence-electron chi connectivity index (χ0n) is 10.5. The van der Waals surface area contributed by atoms with Crippen LogP contribution in [0.4, 0.5) is 0 Å². The maximum absolute atomic E-state index is 6.11. The van der Waals surface area contributed by atoms with Crippen LogP contribution in [0.1, 0.15) is 0 Å². The summed E-state index contributed by atoms with van der Waals surface area (Å²) < 4.78 is 5.33. The van der Waals surface area contributed by atoms with Crippen molar-refractivity contribution in [3.05, 3.63) is 53.0 Å². The van der Waals surface area contributed by atoms with E-state index in [1.165, 1.54) is 6.39 Å². The van der Waals surface area contributed by atoms with Crippen LogP contribution in [0.15, 0.2) is 47.2 Å². The van der Waals surface area contributed by atoms with Crippen LogP contribution < -0.4 is 0 Å². The molecule has 4 nitrogen and oxygen atoms in total. The van der Waals surface area contributed by atoms with Gasteiger partial charge in [-0.2, -0.15) is 0 Å². The van der Waals surface area contributed by atoms with Gasteiger partial charge in [0.05, 0.1) is 5.02 Å². The molecule has 2 heterocycles. The minimum atomic E-state index is 0.375. The Bertz CT molecular complexity index is 981. The van der Waals surface area contributed by atoms with Crippen molar-refractivity contribution < 1.29 is 4.42 Å². The van der Waals surface area contributed by atoms with Gasteiger partial charge >= 0.3 is 0 Å². The van der Waals surface area contributed by atoms with Crippen molar-refractivity contribution in [2.24, 2.45) is 0 Å². The van der Waals surface area contributed by atoms with Crippen LogP contribution in [0, 0.1) is 0 Å². The van der Waals surface area contributed by atoms with E-state index in [2.05, 4.69) is 15.2 Å². The van der Waals surface area contributed by atoms with Crippen LogP contribution in [-0.4, -0.2) is 15.2 Å². The van der Waals surface area contributed by atoms with E-state index in [-0.39, 0.29) is 0 Å². The zero-order chi connectivity index (χ0) is 14.4. The van der Waals surface area contributed by atoms with Crippen LogP contribution >= 0.6 is 23.2 Å². The molecule has 0 amide bonds. The number of benzene rings is 2. The summed E-state index contributed by atoms with van der Waals surface area (Å²) in [6.07, 6.45) is 1.37. The standard InChI is InChI=1S/C15H7Cl2N3O/c16-11-6-5-10(13-14(11)21-7-18-13)12-8-3-1-2-4-9(8)15(17)20-19-12/h1-7H. The maximum atomic E-state index is 6.11. The summed E-state index contributed by atoms with van der Waals surface area (Å²) >= 11 is 12.2. The van der Waals surface area contributed by atoms with Crippen molar-refractivity contribution in [2.45, 2.75) is 0 Å². The Morgan fingerprint density at radius 1 is 0.905 bits per heavy atom. The summed E-state index contributed by atoms with van der Waals surface area (Å²) in [5.41, 5.74) is 2.70. The molecule has 2 aromatic carbocycles. The fraction of sp³-hybridized carbons (Fsp3) is 0. The molecule has 4 aromatic rings. The van der Waals surface area contributed by atoms with Gasteiger partial charge in [-0.15, -0.1) is 10.2 Å². The number of fused-ring (bicyclic) bond motifs is 2. The normalized spacial score (nSPS) is 11.3. The Kier molecular flexibility index (Phi) is 2.80. The number of hydrogen-bond acceptors (Lipinski definition) is 4. The molecule has 2 aromatic heterocycles. The molecule has 0 saturated heterocycles. The van der Waals surface area contributed by atoms with Crippen molar-refractivity contribution in [3.8, 4) is 11.3 Å². The average Bonchev–Trinajstić information content (AvgIpc) is 3.00. The Balaban J connectivity index is 2.12. The highest BCUT2D eigenvalue weighted by Crippen LogP contribution is 2.35. The Labute approximate surface area is 129 Å². The Morgan fingerprint density at radius 3 is 2.57 bits per heavy atom. The lowest BCUT2D eigenvalue weighted by Gasteiger charge is -2.06. The Morgan fingerprint density at radius 2 is 1.71 bits per heavy atom.